The summed E-state index contributed by atoms with van der Waals surface area (Å²) in [6, 6.07) is 6.21. The number of pyridine rings is 1. The Bertz CT molecular complexity index is 809. The van der Waals surface area contributed by atoms with Gasteiger partial charge in [0, 0.05) is 31.3 Å². The van der Waals surface area contributed by atoms with Crippen LogP contribution in [0.5, 0.6) is 11.5 Å². The molecule has 1 saturated heterocycles. The zero-order valence-electron chi connectivity index (χ0n) is 14.6. The second-order valence-corrected chi connectivity index (χ2v) is 7.36. The fraction of sp³-hybridized carbons (Fsp3) is 0.400. The molecule has 27 heavy (non-hydrogen) atoms. The first kappa shape index (κ1) is 17.9. The summed E-state index contributed by atoms with van der Waals surface area (Å²) in [7, 11) is 0. The normalized spacial score (nSPS) is 24.7. The highest BCUT2D eigenvalue weighted by atomic mass is 19.1. The number of hydrogen-bond donors (Lipinski definition) is 1. The van der Waals surface area contributed by atoms with E-state index in [4.69, 9.17) is 4.74 Å². The lowest BCUT2D eigenvalue weighted by Crippen LogP contribution is -2.30. The van der Waals surface area contributed by atoms with Gasteiger partial charge in [-0.2, -0.15) is 0 Å². The quantitative estimate of drug-likeness (QED) is 0.815. The summed E-state index contributed by atoms with van der Waals surface area (Å²) in [6.45, 7) is 1.89. The lowest BCUT2D eigenvalue weighted by molar-refractivity contribution is 0.0932. The van der Waals surface area contributed by atoms with E-state index in [1.54, 1.807) is 0 Å². The molecule has 1 unspecified atom stereocenters. The number of carbonyl (C=O) groups is 1. The molecule has 1 aromatic heterocycles. The van der Waals surface area contributed by atoms with E-state index < -0.39 is 11.6 Å². The van der Waals surface area contributed by atoms with Crippen LogP contribution in [0, 0.1) is 23.5 Å². The molecular weight excluding hydrogens is 354 g/mol. The van der Waals surface area contributed by atoms with Crippen molar-refractivity contribution in [1.82, 2.24) is 9.88 Å². The van der Waals surface area contributed by atoms with E-state index in [0.29, 0.717) is 24.1 Å². The summed E-state index contributed by atoms with van der Waals surface area (Å²) >= 11 is 0. The molecule has 0 spiro atoms. The van der Waals surface area contributed by atoms with Crippen molar-refractivity contribution < 1.29 is 23.4 Å². The van der Waals surface area contributed by atoms with Gasteiger partial charge >= 0.3 is 0 Å². The van der Waals surface area contributed by atoms with E-state index in [1.165, 1.54) is 30.5 Å². The molecule has 1 aliphatic carbocycles. The molecule has 142 valence electrons. The predicted octanol–water partition coefficient (Wildman–Crippen LogP) is 3.04. The first-order valence-corrected chi connectivity index (χ1v) is 8.99. The van der Waals surface area contributed by atoms with Gasteiger partial charge in [0.2, 0.25) is 0 Å². The number of rotatable bonds is 5. The highest BCUT2D eigenvalue weighted by Gasteiger charge is 2.42. The molecule has 4 rings (SSSR count). The minimum absolute atomic E-state index is 0.0338. The summed E-state index contributed by atoms with van der Waals surface area (Å²) < 4.78 is 32.4. The van der Waals surface area contributed by atoms with Gasteiger partial charge in [0.15, 0.2) is 5.78 Å². The fourth-order valence-electron chi connectivity index (χ4n) is 4.19. The van der Waals surface area contributed by atoms with Crippen LogP contribution in [-0.2, 0) is 0 Å². The molecule has 7 heteroatoms. The van der Waals surface area contributed by atoms with Crippen LogP contribution in [0.25, 0.3) is 0 Å². The number of hydrogen-bond acceptors (Lipinski definition) is 5. The third kappa shape index (κ3) is 4.08. The molecule has 1 N–H and O–H groups in total. The number of likely N-dealkylation sites (tertiary alicyclic amines) is 1. The molecule has 2 aromatic rings. The maximum absolute atomic E-state index is 13.3. The molecule has 3 atom stereocenters. The Hall–Kier alpha value is -2.54. The largest absolute Gasteiger partial charge is 0.506 e. The summed E-state index contributed by atoms with van der Waals surface area (Å²) in [5.74, 6) is -0.276. The van der Waals surface area contributed by atoms with Crippen LogP contribution in [0.2, 0.25) is 0 Å². The van der Waals surface area contributed by atoms with Crippen molar-refractivity contribution in [3.05, 3.63) is 53.9 Å². The van der Waals surface area contributed by atoms with E-state index in [9.17, 15) is 18.7 Å². The van der Waals surface area contributed by atoms with Crippen molar-refractivity contribution >= 4 is 5.78 Å². The van der Waals surface area contributed by atoms with Gasteiger partial charge in [-0.1, -0.05) is 0 Å². The second-order valence-electron chi connectivity index (χ2n) is 7.36. The van der Waals surface area contributed by atoms with Gasteiger partial charge in [-0.05, 0) is 36.8 Å². The van der Waals surface area contributed by atoms with E-state index in [0.717, 1.165) is 32.0 Å². The van der Waals surface area contributed by atoms with E-state index in [2.05, 4.69) is 9.88 Å². The zero-order chi connectivity index (χ0) is 19.0. The molecule has 0 bridgehead atoms. The SMILES string of the molecule is O=C(CN1C[C@H]2CC(Oc3cc(F)cc(F)c3)C[C@H]2C1)c1ccc(O)cn1. The maximum Gasteiger partial charge on any atom is 0.195 e. The van der Waals surface area contributed by atoms with Gasteiger partial charge in [-0.15, -0.1) is 0 Å². The monoisotopic (exact) mass is 374 g/mol. The predicted molar refractivity (Wildman–Crippen MR) is 93.7 cm³/mol. The molecule has 0 radical (unpaired) electrons. The fourth-order valence-corrected chi connectivity index (χ4v) is 4.19. The van der Waals surface area contributed by atoms with Crippen LogP contribution in [0.4, 0.5) is 8.78 Å². The Morgan fingerprint density at radius 1 is 1.15 bits per heavy atom. The molecule has 2 fully saturated rings. The van der Waals surface area contributed by atoms with Gasteiger partial charge in [0.05, 0.1) is 18.8 Å². The van der Waals surface area contributed by atoms with Crippen molar-refractivity contribution in [1.29, 1.82) is 0 Å². The van der Waals surface area contributed by atoms with Crippen LogP contribution in [0.1, 0.15) is 23.3 Å². The molecular formula is C20H20F2N2O3. The third-order valence-electron chi connectivity index (χ3n) is 5.32. The number of aromatic hydroxyl groups is 1. The number of Topliss-reactive ketones (excluding diaryl/α,β-unsaturated/α-hetero) is 1. The number of halogens is 2. The molecule has 0 amide bonds. The molecule has 5 nitrogen and oxygen atoms in total. The number of ether oxygens (including phenoxy) is 1. The highest BCUT2D eigenvalue weighted by Crippen LogP contribution is 2.39. The summed E-state index contributed by atoms with van der Waals surface area (Å²) in [5, 5.41) is 9.25. The molecule has 1 aliphatic heterocycles. The number of fused-ring (bicyclic) bond motifs is 1. The molecule has 2 aliphatic rings. The van der Waals surface area contributed by atoms with Crippen LogP contribution >= 0.6 is 0 Å². The highest BCUT2D eigenvalue weighted by molar-refractivity contribution is 5.95. The second kappa shape index (κ2) is 7.23. The average molecular weight is 374 g/mol. The number of benzene rings is 1. The van der Waals surface area contributed by atoms with Gasteiger partial charge in [-0.25, -0.2) is 13.8 Å². The Morgan fingerprint density at radius 3 is 2.41 bits per heavy atom. The van der Waals surface area contributed by atoms with Crippen LogP contribution in [-0.4, -0.2) is 46.5 Å². The topological polar surface area (TPSA) is 62.7 Å². The lowest BCUT2D eigenvalue weighted by atomic mass is 10.0. The van der Waals surface area contributed by atoms with Crippen LogP contribution in [0.3, 0.4) is 0 Å². The number of carbonyl (C=O) groups excluding carboxylic acids is 1. The van der Waals surface area contributed by atoms with Crippen molar-refractivity contribution in [2.75, 3.05) is 19.6 Å². The lowest BCUT2D eigenvalue weighted by Gasteiger charge is -2.19. The first-order chi connectivity index (χ1) is 13.0. The average Bonchev–Trinajstić information content (AvgIpc) is 3.12. The maximum atomic E-state index is 13.3. The smallest absolute Gasteiger partial charge is 0.195 e. The number of aromatic nitrogens is 1. The van der Waals surface area contributed by atoms with Gasteiger partial charge in [-0.3, -0.25) is 9.69 Å². The van der Waals surface area contributed by atoms with Gasteiger partial charge in [0.25, 0.3) is 0 Å². The van der Waals surface area contributed by atoms with Crippen molar-refractivity contribution in [2.45, 2.75) is 18.9 Å². The van der Waals surface area contributed by atoms with Crippen LogP contribution in [0.15, 0.2) is 36.5 Å². The van der Waals surface area contributed by atoms with Crippen molar-refractivity contribution in [2.24, 2.45) is 11.8 Å². The standard InChI is InChI=1S/C20H20F2N2O3/c21-14-5-15(22)7-18(6-14)27-17-3-12-9-24(10-13(12)4-17)11-20(26)19-2-1-16(25)8-23-19/h1-2,5-8,12-13,17,25H,3-4,9-11H2/t12-,13+,17?. The van der Waals surface area contributed by atoms with Crippen molar-refractivity contribution in [3.63, 3.8) is 0 Å². The Labute approximate surface area is 155 Å². The summed E-state index contributed by atoms with van der Waals surface area (Å²) in [6.07, 6.45) is 2.83. The number of nitrogens with zero attached hydrogens (tertiary/aromatic N) is 2. The Kier molecular flexibility index (Phi) is 4.78. The first-order valence-electron chi connectivity index (χ1n) is 8.99. The minimum atomic E-state index is -0.643. The molecule has 1 saturated carbocycles. The van der Waals surface area contributed by atoms with Gasteiger partial charge in [0.1, 0.15) is 28.8 Å². The summed E-state index contributed by atoms with van der Waals surface area (Å²) in [4.78, 5) is 18.4. The Morgan fingerprint density at radius 2 is 1.81 bits per heavy atom. The zero-order valence-corrected chi connectivity index (χ0v) is 14.6. The summed E-state index contributed by atoms with van der Waals surface area (Å²) in [5.41, 5.74) is 0.346. The van der Waals surface area contributed by atoms with Crippen molar-refractivity contribution in [3.8, 4) is 11.5 Å². The third-order valence-corrected chi connectivity index (χ3v) is 5.32. The van der Waals surface area contributed by atoms with E-state index in [-0.39, 0.29) is 23.4 Å². The van der Waals surface area contributed by atoms with E-state index >= 15 is 0 Å². The van der Waals surface area contributed by atoms with E-state index in [1.807, 2.05) is 0 Å². The molecule has 2 heterocycles. The molecule has 1 aromatic carbocycles. The van der Waals surface area contributed by atoms with Gasteiger partial charge < -0.3 is 9.84 Å². The van der Waals surface area contributed by atoms with Crippen LogP contribution < -0.4 is 4.74 Å². The minimum Gasteiger partial charge on any atom is -0.506 e. The number of ketones is 1. The Balaban J connectivity index is 1.30.